The van der Waals surface area contributed by atoms with Gasteiger partial charge < -0.3 is 15.0 Å². The van der Waals surface area contributed by atoms with Gasteiger partial charge >= 0.3 is 5.97 Å². The summed E-state index contributed by atoms with van der Waals surface area (Å²) in [5.41, 5.74) is 2.99. The molecule has 1 atom stereocenters. The zero-order valence-electron chi connectivity index (χ0n) is 18.5. The standard InChI is InChI=1S/C23H26N2O6S2/c1-3-31-23(28)20-17-8-9-33(29,30)13-18(17)32-22(20)24-21(27)16-10-19(26)25(12-16)11-15-6-4-14(2)5-7-15/h4-7,16H,3,8-13H2,1-2H3,(H,24,27). The first-order chi connectivity index (χ1) is 15.7. The van der Waals surface area contributed by atoms with Crippen molar-refractivity contribution in [2.75, 3.05) is 24.2 Å². The van der Waals surface area contributed by atoms with Crippen LogP contribution in [-0.2, 0) is 42.9 Å². The molecule has 1 aromatic carbocycles. The van der Waals surface area contributed by atoms with Gasteiger partial charge in [0.2, 0.25) is 11.8 Å². The van der Waals surface area contributed by atoms with Crippen LogP contribution in [0.2, 0.25) is 0 Å². The fourth-order valence-corrected chi connectivity index (χ4v) is 7.20. The summed E-state index contributed by atoms with van der Waals surface area (Å²) in [6.07, 6.45) is 0.302. The highest BCUT2D eigenvalue weighted by Crippen LogP contribution is 2.39. The number of hydrogen-bond acceptors (Lipinski definition) is 7. The Morgan fingerprint density at radius 2 is 1.97 bits per heavy atom. The Bertz CT molecular complexity index is 1200. The van der Waals surface area contributed by atoms with Crippen molar-refractivity contribution in [3.8, 4) is 0 Å². The molecule has 2 amide bonds. The Balaban J connectivity index is 1.51. The van der Waals surface area contributed by atoms with Crippen LogP contribution in [0.3, 0.4) is 0 Å². The van der Waals surface area contributed by atoms with E-state index in [4.69, 9.17) is 4.74 Å². The van der Waals surface area contributed by atoms with Gasteiger partial charge in [0, 0.05) is 24.4 Å². The Kier molecular flexibility index (Phi) is 6.58. The van der Waals surface area contributed by atoms with E-state index in [1.165, 1.54) is 0 Å². The van der Waals surface area contributed by atoms with Gasteiger partial charge in [0.25, 0.3) is 0 Å². The van der Waals surface area contributed by atoms with Gasteiger partial charge in [-0.1, -0.05) is 29.8 Å². The summed E-state index contributed by atoms with van der Waals surface area (Å²) in [5.74, 6) is -1.78. The molecule has 1 saturated heterocycles. The molecule has 3 heterocycles. The molecule has 0 saturated carbocycles. The van der Waals surface area contributed by atoms with Crippen molar-refractivity contribution in [1.82, 2.24) is 4.90 Å². The summed E-state index contributed by atoms with van der Waals surface area (Å²) in [6.45, 7) is 4.56. The predicted octanol–water partition coefficient (Wildman–Crippen LogP) is 2.69. The number of amides is 2. The zero-order chi connectivity index (χ0) is 23.8. The maximum atomic E-state index is 13.0. The van der Waals surface area contributed by atoms with E-state index in [-0.39, 0.29) is 54.9 Å². The monoisotopic (exact) mass is 490 g/mol. The van der Waals surface area contributed by atoms with Crippen LogP contribution in [0.1, 0.15) is 45.3 Å². The molecule has 176 valence electrons. The number of fused-ring (bicyclic) bond motifs is 1. The zero-order valence-corrected chi connectivity index (χ0v) is 20.2. The van der Waals surface area contributed by atoms with Crippen LogP contribution in [0, 0.1) is 12.8 Å². The number of hydrogen-bond donors (Lipinski definition) is 1. The minimum Gasteiger partial charge on any atom is -0.462 e. The van der Waals surface area contributed by atoms with E-state index in [0.29, 0.717) is 22.0 Å². The van der Waals surface area contributed by atoms with Crippen LogP contribution in [0.4, 0.5) is 5.00 Å². The topological polar surface area (TPSA) is 110 Å². The Hall–Kier alpha value is -2.72. The third-order valence-corrected chi connectivity index (χ3v) is 8.79. The third kappa shape index (κ3) is 5.11. The molecule has 2 aromatic rings. The lowest BCUT2D eigenvalue weighted by atomic mass is 10.1. The van der Waals surface area contributed by atoms with E-state index < -0.39 is 21.7 Å². The van der Waals surface area contributed by atoms with Crippen LogP contribution in [0.15, 0.2) is 24.3 Å². The van der Waals surface area contributed by atoms with Gasteiger partial charge in [-0.2, -0.15) is 0 Å². The molecule has 0 radical (unpaired) electrons. The predicted molar refractivity (Wildman–Crippen MR) is 125 cm³/mol. The largest absolute Gasteiger partial charge is 0.462 e. The van der Waals surface area contributed by atoms with Crippen molar-refractivity contribution in [1.29, 1.82) is 0 Å². The van der Waals surface area contributed by atoms with E-state index in [2.05, 4.69) is 5.32 Å². The highest BCUT2D eigenvalue weighted by Gasteiger charge is 2.37. The summed E-state index contributed by atoms with van der Waals surface area (Å²) in [4.78, 5) is 40.4. The number of likely N-dealkylation sites (tertiary alicyclic amines) is 1. The third-order valence-electron chi connectivity index (χ3n) is 5.90. The molecule has 1 fully saturated rings. The van der Waals surface area contributed by atoms with Crippen LogP contribution in [0.25, 0.3) is 0 Å². The molecule has 2 aliphatic heterocycles. The second-order valence-electron chi connectivity index (χ2n) is 8.42. The number of ether oxygens (including phenoxy) is 1. The van der Waals surface area contributed by atoms with E-state index in [9.17, 15) is 22.8 Å². The summed E-state index contributed by atoms with van der Waals surface area (Å²) in [7, 11) is -3.23. The van der Waals surface area contributed by atoms with Gasteiger partial charge in [-0.05, 0) is 31.4 Å². The average molecular weight is 491 g/mol. The van der Waals surface area contributed by atoms with Crippen molar-refractivity contribution >= 4 is 44.0 Å². The first-order valence-electron chi connectivity index (χ1n) is 10.8. The summed E-state index contributed by atoms with van der Waals surface area (Å²) in [6, 6.07) is 7.89. The van der Waals surface area contributed by atoms with Crippen molar-refractivity contribution in [2.45, 2.75) is 39.0 Å². The summed E-state index contributed by atoms with van der Waals surface area (Å²) in [5, 5.41) is 3.09. The molecule has 2 aliphatic rings. The Morgan fingerprint density at radius 3 is 2.67 bits per heavy atom. The number of carbonyl (C=O) groups excluding carboxylic acids is 3. The van der Waals surface area contributed by atoms with Crippen molar-refractivity contribution in [3.05, 3.63) is 51.4 Å². The molecule has 0 aliphatic carbocycles. The van der Waals surface area contributed by atoms with E-state index in [1.807, 2.05) is 31.2 Å². The number of benzene rings is 1. The normalized spacial score (nSPS) is 19.3. The molecular formula is C23H26N2O6S2. The number of esters is 1. The van der Waals surface area contributed by atoms with Gasteiger partial charge in [0.15, 0.2) is 9.84 Å². The van der Waals surface area contributed by atoms with Gasteiger partial charge in [-0.25, -0.2) is 13.2 Å². The molecule has 0 spiro atoms. The SMILES string of the molecule is CCOC(=O)c1c(NC(=O)C2CC(=O)N(Cc3ccc(C)cc3)C2)sc2c1CCS(=O)(=O)C2. The molecule has 1 aromatic heterocycles. The average Bonchev–Trinajstić information content (AvgIpc) is 3.28. The van der Waals surface area contributed by atoms with E-state index in [0.717, 1.165) is 22.5 Å². The lowest BCUT2D eigenvalue weighted by molar-refractivity contribution is -0.128. The lowest BCUT2D eigenvalue weighted by Crippen LogP contribution is -2.28. The van der Waals surface area contributed by atoms with Gasteiger partial charge in [-0.15, -0.1) is 11.3 Å². The number of nitrogens with zero attached hydrogens (tertiary/aromatic N) is 1. The smallest absolute Gasteiger partial charge is 0.341 e. The van der Waals surface area contributed by atoms with Crippen LogP contribution >= 0.6 is 11.3 Å². The van der Waals surface area contributed by atoms with Gasteiger partial charge in [0.05, 0.1) is 29.6 Å². The first-order valence-corrected chi connectivity index (χ1v) is 13.5. The minimum atomic E-state index is -3.23. The molecule has 4 rings (SSSR count). The number of rotatable bonds is 6. The highest BCUT2D eigenvalue weighted by molar-refractivity contribution is 7.90. The number of anilines is 1. The Labute approximate surface area is 196 Å². The fraction of sp³-hybridized carbons (Fsp3) is 0.435. The van der Waals surface area contributed by atoms with E-state index in [1.54, 1.807) is 11.8 Å². The van der Waals surface area contributed by atoms with Crippen molar-refractivity contribution in [2.24, 2.45) is 5.92 Å². The maximum absolute atomic E-state index is 13.0. The molecule has 33 heavy (non-hydrogen) atoms. The summed E-state index contributed by atoms with van der Waals surface area (Å²) < 4.78 is 29.3. The Morgan fingerprint density at radius 1 is 1.24 bits per heavy atom. The van der Waals surface area contributed by atoms with Crippen molar-refractivity contribution in [3.63, 3.8) is 0 Å². The van der Waals surface area contributed by atoms with Crippen LogP contribution < -0.4 is 5.32 Å². The number of sulfone groups is 1. The maximum Gasteiger partial charge on any atom is 0.341 e. The second kappa shape index (κ2) is 9.26. The van der Waals surface area contributed by atoms with Gasteiger partial charge in [-0.3, -0.25) is 9.59 Å². The fourth-order valence-electron chi connectivity index (χ4n) is 4.16. The highest BCUT2D eigenvalue weighted by atomic mass is 32.2. The number of thiophene rings is 1. The molecular weight excluding hydrogens is 464 g/mol. The molecule has 10 heteroatoms. The first kappa shape index (κ1) is 23.4. The number of aryl methyl sites for hydroxylation is 1. The number of carbonyl (C=O) groups is 3. The minimum absolute atomic E-state index is 0.0401. The quantitative estimate of drug-likeness (QED) is 0.624. The van der Waals surface area contributed by atoms with Crippen molar-refractivity contribution < 1.29 is 27.5 Å². The molecule has 0 bridgehead atoms. The molecule has 1 N–H and O–H groups in total. The van der Waals surface area contributed by atoms with Crippen LogP contribution in [-0.4, -0.2) is 50.0 Å². The molecule has 1 unspecified atom stereocenters. The summed E-state index contributed by atoms with van der Waals surface area (Å²) >= 11 is 1.10. The second-order valence-corrected chi connectivity index (χ2v) is 11.7. The van der Waals surface area contributed by atoms with Gasteiger partial charge in [0.1, 0.15) is 5.00 Å². The molecule has 8 nitrogen and oxygen atoms in total. The number of nitrogens with one attached hydrogen (secondary N) is 1. The van der Waals surface area contributed by atoms with Crippen LogP contribution in [0.5, 0.6) is 0 Å². The van der Waals surface area contributed by atoms with E-state index >= 15 is 0 Å². The lowest BCUT2D eigenvalue weighted by Gasteiger charge is -2.17.